The van der Waals surface area contributed by atoms with E-state index in [0.29, 0.717) is 41.6 Å². The van der Waals surface area contributed by atoms with Crippen LogP contribution in [-0.2, 0) is 4.74 Å². The van der Waals surface area contributed by atoms with Gasteiger partial charge in [0.2, 0.25) is 0 Å². The second kappa shape index (κ2) is 16.7. The van der Waals surface area contributed by atoms with E-state index in [-0.39, 0.29) is 17.3 Å². The van der Waals surface area contributed by atoms with E-state index in [1.807, 2.05) is 37.3 Å². The van der Waals surface area contributed by atoms with E-state index in [1.54, 1.807) is 30.1 Å². The number of aromatic nitrogens is 1. The first-order valence-electron chi connectivity index (χ1n) is 15.4. The molecule has 4 rings (SSSR count). The standard InChI is InChI=1S/C35H40ClFN6O4/c1-6-43-23(3)31(39-35(45)40-33-29(36)21-38-22-30(33)37)20-32(41-43)25-13-11-12-24(16-25)26-17-27(34(44)46-7-2)19-28(18-26)47-15-10-8-9-14-42(4)5/h11-13,16-22H,3,6-10,14-15H2,1-2,4-5H3,(H2,38,39,40,45). The predicted molar refractivity (Wildman–Crippen MR) is 183 cm³/mol. The molecule has 2 N–H and O–H groups in total. The van der Waals surface area contributed by atoms with Gasteiger partial charge in [-0.15, -0.1) is 0 Å². The van der Waals surface area contributed by atoms with Gasteiger partial charge in [0, 0.05) is 18.3 Å². The number of rotatable bonds is 14. The summed E-state index contributed by atoms with van der Waals surface area (Å²) in [6.07, 6.45) is 6.90. The van der Waals surface area contributed by atoms with Gasteiger partial charge in [-0.1, -0.05) is 36.4 Å². The molecule has 0 bridgehead atoms. The lowest BCUT2D eigenvalue weighted by atomic mass is 9.98. The van der Waals surface area contributed by atoms with Crippen LogP contribution in [0.2, 0.25) is 5.02 Å². The number of carbonyl (C=O) groups excluding carboxylic acids is 2. The average Bonchev–Trinajstić information content (AvgIpc) is 3.05. The highest BCUT2D eigenvalue weighted by Crippen LogP contribution is 2.29. The lowest BCUT2D eigenvalue weighted by Crippen LogP contribution is -2.35. The van der Waals surface area contributed by atoms with E-state index in [2.05, 4.69) is 41.2 Å². The molecule has 1 aliphatic rings. The fourth-order valence-electron chi connectivity index (χ4n) is 4.82. The number of benzene rings is 2. The summed E-state index contributed by atoms with van der Waals surface area (Å²) in [4.78, 5) is 31.5. The average molecular weight is 663 g/mol. The van der Waals surface area contributed by atoms with Crippen molar-refractivity contribution < 1.29 is 23.5 Å². The zero-order chi connectivity index (χ0) is 33.9. The molecule has 0 radical (unpaired) electrons. The van der Waals surface area contributed by atoms with Crippen LogP contribution in [0.4, 0.5) is 14.9 Å². The number of ether oxygens (including phenoxy) is 2. The molecule has 0 aliphatic carbocycles. The van der Waals surface area contributed by atoms with Crippen LogP contribution in [-0.4, -0.2) is 73.0 Å². The second-order valence-corrected chi connectivity index (χ2v) is 11.4. The minimum Gasteiger partial charge on any atom is -0.494 e. The summed E-state index contributed by atoms with van der Waals surface area (Å²) in [6, 6.07) is 12.3. The highest BCUT2D eigenvalue weighted by atomic mass is 35.5. The van der Waals surface area contributed by atoms with Crippen molar-refractivity contribution in [2.45, 2.75) is 33.1 Å². The fourth-order valence-corrected chi connectivity index (χ4v) is 5.02. The Bertz CT molecular complexity index is 1660. The molecule has 248 valence electrons. The largest absolute Gasteiger partial charge is 0.494 e. The number of pyridine rings is 1. The topological polar surface area (TPSA) is 108 Å². The van der Waals surface area contributed by atoms with Crippen molar-refractivity contribution in [1.29, 1.82) is 0 Å². The maximum atomic E-state index is 14.2. The summed E-state index contributed by atoms with van der Waals surface area (Å²) < 4.78 is 25.6. The molecular weight excluding hydrogens is 623 g/mol. The predicted octanol–water partition coefficient (Wildman–Crippen LogP) is 7.09. The molecule has 12 heteroatoms. The smallest absolute Gasteiger partial charge is 0.338 e. The Morgan fingerprint density at radius 3 is 2.53 bits per heavy atom. The summed E-state index contributed by atoms with van der Waals surface area (Å²) in [5, 5.41) is 11.5. The second-order valence-electron chi connectivity index (χ2n) is 11.0. The number of likely N-dealkylation sites (N-methyl/N-ethyl adjacent to an activating group) is 1. The van der Waals surface area contributed by atoms with E-state index in [1.165, 1.54) is 6.20 Å². The highest BCUT2D eigenvalue weighted by Gasteiger charge is 2.22. The number of nitrogens with one attached hydrogen (secondary N) is 2. The lowest BCUT2D eigenvalue weighted by molar-refractivity contribution is 0.0526. The first-order valence-corrected chi connectivity index (χ1v) is 15.8. The molecule has 1 aliphatic heterocycles. The van der Waals surface area contributed by atoms with Crippen molar-refractivity contribution in [2.75, 3.05) is 45.7 Å². The summed E-state index contributed by atoms with van der Waals surface area (Å²) in [5.41, 5.74) is 3.93. The molecule has 47 heavy (non-hydrogen) atoms. The first kappa shape index (κ1) is 35.1. The van der Waals surface area contributed by atoms with Gasteiger partial charge in [-0.05, 0) is 95.2 Å². The molecule has 10 nitrogen and oxygen atoms in total. The molecule has 2 amide bonds. The van der Waals surface area contributed by atoms with Crippen LogP contribution in [0, 0.1) is 5.82 Å². The number of hydrogen-bond donors (Lipinski definition) is 2. The molecule has 0 fully saturated rings. The minimum absolute atomic E-state index is 0.0357. The molecule has 1 aromatic heterocycles. The van der Waals surface area contributed by atoms with Crippen molar-refractivity contribution in [3.63, 3.8) is 0 Å². The molecule has 0 unspecified atom stereocenters. The minimum atomic E-state index is -0.765. The molecule has 3 aromatic rings. The number of esters is 1. The third-order valence-electron chi connectivity index (χ3n) is 7.20. The van der Waals surface area contributed by atoms with E-state index >= 15 is 0 Å². The van der Waals surface area contributed by atoms with Crippen molar-refractivity contribution >= 4 is 35.0 Å². The summed E-state index contributed by atoms with van der Waals surface area (Å²) in [5.74, 6) is -0.617. The Morgan fingerprint density at radius 2 is 1.81 bits per heavy atom. The number of hydrazone groups is 1. The number of carbonyl (C=O) groups is 2. The third kappa shape index (κ3) is 9.63. The number of unbranched alkanes of at least 4 members (excludes halogenated alkanes) is 2. The third-order valence-corrected chi connectivity index (χ3v) is 7.49. The van der Waals surface area contributed by atoms with Crippen molar-refractivity contribution in [3.8, 4) is 16.9 Å². The van der Waals surface area contributed by atoms with E-state index in [9.17, 15) is 14.0 Å². The van der Waals surface area contributed by atoms with Crippen LogP contribution < -0.4 is 15.4 Å². The van der Waals surface area contributed by atoms with Gasteiger partial charge in [0.1, 0.15) is 11.4 Å². The first-order chi connectivity index (χ1) is 22.6. The Morgan fingerprint density at radius 1 is 1.02 bits per heavy atom. The Balaban J connectivity index is 1.59. The van der Waals surface area contributed by atoms with Gasteiger partial charge in [-0.25, -0.2) is 14.0 Å². The van der Waals surface area contributed by atoms with Crippen molar-refractivity contribution in [1.82, 2.24) is 20.2 Å². The van der Waals surface area contributed by atoms with E-state index in [4.69, 9.17) is 26.2 Å². The Kier molecular flexibility index (Phi) is 12.5. The van der Waals surface area contributed by atoms with Gasteiger partial charge in [0.25, 0.3) is 0 Å². The van der Waals surface area contributed by atoms with Gasteiger partial charge < -0.3 is 25.0 Å². The van der Waals surface area contributed by atoms with Gasteiger partial charge in [0.05, 0.1) is 47.1 Å². The van der Waals surface area contributed by atoms with E-state index < -0.39 is 17.8 Å². The van der Waals surface area contributed by atoms with Crippen LogP contribution in [0.5, 0.6) is 5.75 Å². The van der Waals surface area contributed by atoms with Crippen molar-refractivity contribution in [2.24, 2.45) is 5.10 Å². The Hall–Kier alpha value is -4.74. The molecule has 0 saturated carbocycles. The van der Waals surface area contributed by atoms with Gasteiger partial charge in [0.15, 0.2) is 5.82 Å². The summed E-state index contributed by atoms with van der Waals surface area (Å²) in [6.45, 7) is 10.0. The van der Waals surface area contributed by atoms with Crippen molar-refractivity contribution in [3.05, 3.63) is 101 Å². The van der Waals surface area contributed by atoms with Gasteiger partial charge in [-0.2, -0.15) is 5.10 Å². The molecule has 2 heterocycles. The highest BCUT2D eigenvalue weighted by molar-refractivity contribution is 6.33. The number of allylic oxidation sites excluding steroid dienone is 1. The van der Waals surface area contributed by atoms with Crippen LogP contribution in [0.25, 0.3) is 11.1 Å². The zero-order valence-electron chi connectivity index (χ0n) is 27.1. The summed E-state index contributed by atoms with van der Waals surface area (Å²) in [7, 11) is 4.11. The van der Waals surface area contributed by atoms with Crippen LogP contribution >= 0.6 is 11.6 Å². The molecular formula is C35H40ClFN6O4. The monoisotopic (exact) mass is 662 g/mol. The normalized spacial score (nSPS) is 12.8. The fraction of sp³-hybridized carbons (Fsp3) is 0.314. The molecule has 0 atom stereocenters. The number of amides is 2. The number of hydrogen-bond acceptors (Lipinski definition) is 8. The number of nitrogens with zero attached hydrogens (tertiary/aromatic N) is 4. The molecule has 2 aromatic carbocycles. The lowest BCUT2D eigenvalue weighted by Gasteiger charge is -2.27. The molecule has 0 saturated heterocycles. The maximum absolute atomic E-state index is 14.2. The summed E-state index contributed by atoms with van der Waals surface area (Å²) >= 11 is 6.02. The quantitative estimate of drug-likeness (QED) is 0.140. The van der Waals surface area contributed by atoms with Gasteiger partial charge in [-0.3, -0.25) is 9.99 Å². The SMILES string of the molecule is C=C1C(NC(=O)Nc2c(F)cncc2Cl)=CC(c2cccc(-c3cc(OCCCCCN(C)C)cc(C(=O)OCC)c3)c2)=NN1CC. The van der Waals surface area contributed by atoms with Crippen LogP contribution in [0.3, 0.4) is 0 Å². The van der Waals surface area contributed by atoms with Crippen LogP contribution in [0.1, 0.15) is 49.0 Å². The van der Waals surface area contributed by atoms with Gasteiger partial charge >= 0.3 is 12.0 Å². The number of urea groups is 1. The Labute approximate surface area is 279 Å². The number of halogens is 2. The van der Waals surface area contributed by atoms with E-state index in [0.717, 1.165) is 48.7 Å². The maximum Gasteiger partial charge on any atom is 0.338 e. The zero-order valence-corrected chi connectivity index (χ0v) is 27.9. The molecule has 0 spiro atoms. The number of anilines is 1. The van der Waals surface area contributed by atoms with Crippen LogP contribution in [0.15, 0.2) is 84.0 Å².